The van der Waals surface area contributed by atoms with E-state index in [2.05, 4.69) is 63.1 Å². The topological polar surface area (TPSA) is 73.9 Å². The lowest BCUT2D eigenvalue weighted by molar-refractivity contribution is 0.595. The third-order valence-electron chi connectivity index (χ3n) is 3.58. The standard InChI is InChI=1S/C18H26Br2N6/c19-15-5-1-7-17(25-15)23-11-3-9-21-13-14-22-10-4-12-24-18-8-2-6-16(20)26-18/h1-2,5-8,21-22H,3-4,9-14H2,(H,23,25)(H,24,26). The molecule has 0 aliphatic heterocycles. The number of aromatic nitrogens is 2. The van der Waals surface area contributed by atoms with Crippen LogP contribution < -0.4 is 21.3 Å². The molecular formula is C18H26Br2N6. The Labute approximate surface area is 172 Å². The van der Waals surface area contributed by atoms with Crippen molar-refractivity contribution >= 4 is 43.5 Å². The van der Waals surface area contributed by atoms with Gasteiger partial charge in [-0.3, -0.25) is 0 Å². The van der Waals surface area contributed by atoms with Crippen LogP contribution in [0.15, 0.2) is 45.6 Å². The highest BCUT2D eigenvalue weighted by Crippen LogP contribution is 2.10. The summed E-state index contributed by atoms with van der Waals surface area (Å²) in [7, 11) is 0. The predicted molar refractivity (Wildman–Crippen MR) is 116 cm³/mol. The first-order valence-corrected chi connectivity index (χ1v) is 10.5. The lowest BCUT2D eigenvalue weighted by Gasteiger charge is -2.09. The molecule has 0 unspecified atom stereocenters. The average Bonchev–Trinajstić information content (AvgIpc) is 2.63. The van der Waals surface area contributed by atoms with Gasteiger partial charge in [-0.15, -0.1) is 0 Å². The fourth-order valence-electron chi connectivity index (χ4n) is 2.30. The van der Waals surface area contributed by atoms with E-state index in [0.717, 1.165) is 73.0 Å². The summed E-state index contributed by atoms with van der Waals surface area (Å²) in [5, 5.41) is 13.5. The minimum Gasteiger partial charge on any atom is -0.370 e. The second-order valence-electron chi connectivity index (χ2n) is 5.75. The van der Waals surface area contributed by atoms with Crippen LogP contribution in [0.25, 0.3) is 0 Å². The lowest BCUT2D eigenvalue weighted by atomic mass is 10.4. The van der Waals surface area contributed by atoms with Gasteiger partial charge >= 0.3 is 0 Å². The van der Waals surface area contributed by atoms with Gasteiger partial charge in [-0.05, 0) is 82.1 Å². The molecule has 142 valence electrons. The van der Waals surface area contributed by atoms with Gasteiger partial charge < -0.3 is 21.3 Å². The molecule has 0 bridgehead atoms. The van der Waals surface area contributed by atoms with E-state index in [1.807, 2.05) is 36.4 Å². The van der Waals surface area contributed by atoms with Crippen LogP contribution in [0, 0.1) is 0 Å². The van der Waals surface area contributed by atoms with E-state index in [-0.39, 0.29) is 0 Å². The van der Waals surface area contributed by atoms with Crippen molar-refractivity contribution in [1.82, 2.24) is 20.6 Å². The molecule has 2 aromatic rings. The third kappa shape index (κ3) is 9.47. The van der Waals surface area contributed by atoms with Crippen molar-refractivity contribution in [2.24, 2.45) is 0 Å². The Morgan fingerprint density at radius 3 is 1.50 bits per heavy atom. The molecule has 8 heteroatoms. The Hall–Kier alpha value is -1.22. The van der Waals surface area contributed by atoms with E-state index in [4.69, 9.17) is 0 Å². The van der Waals surface area contributed by atoms with Gasteiger partial charge in [0.25, 0.3) is 0 Å². The highest BCUT2D eigenvalue weighted by Gasteiger charge is 1.96. The van der Waals surface area contributed by atoms with Gasteiger partial charge in [0.2, 0.25) is 0 Å². The second kappa shape index (κ2) is 13.0. The molecule has 2 aromatic heterocycles. The zero-order valence-corrected chi connectivity index (χ0v) is 17.9. The Kier molecular flexibility index (Phi) is 10.6. The summed E-state index contributed by atoms with van der Waals surface area (Å²) in [4.78, 5) is 8.69. The minimum atomic E-state index is 0.856. The first-order valence-electron chi connectivity index (χ1n) is 8.88. The van der Waals surface area contributed by atoms with Gasteiger partial charge in [0, 0.05) is 26.2 Å². The van der Waals surface area contributed by atoms with Crippen molar-refractivity contribution in [1.29, 1.82) is 0 Å². The van der Waals surface area contributed by atoms with Crippen LogP contribution in [0.5, 0.6) is 0 Å². The predicted octanol–water partition coefficient (Wildman–Crippen LogP) is 3.49. The van der Waals surface area contributed by atoms with Crippen molar-refractivity contribution in [2.45, 2.75) is 12.8 Å². The van der Waals surface area contributed by atoms with Gasteiger partial charge in [0.15, 0.2) is 0 Å². The Bertz CT molecular complexity index is 585. The molecule has 0 spiro atoms. The lowest BCUT2D eigenvalue weighted by Crippen LogP contribution is -2.29. The fourth-order valence-corrected chi connectivity index (χ4v) is 2.99. The number of nitrogens with zero attached hydrogens (tertiary/aromatic N) is 2. The van der Waals surface area contributed by atoms with Gasteiger partial charge in [0.1, 0.15) is 20.8 Å². The van der Waals surface area contributed by atoms with Crippen LogP contribution in [0.1, 0.15) is 12.8 Å². The van der Waals surface area contributed by atoms with Crippen molar-refractivity contribution < 1.29 is 0 Å². The van der Waals surface area contributed by atoms with E-state index in [0.29, 0.717) is 0 Å². The number of hydrogen-bond donors (Lipinski definition) is 4. The minimum absolute atomic E-state index is 0.856. The van der Waals surface area contributed by atoms with Crippen LogP contribution in [-0.4, -0.2) is 49.2 Å². The monoisotopic (exact) mass is 484 g/mol. The van der Waals surface area contributed by atoms with Gasteiger partial charge in [0.05, 0.1) is 0 Å². The van der Waals surface area contributed by atoms with E-state index >= 15 is 0 Å². The molecule has 0 saturated carbocycles. The van der Waals surface area contributed by atoms with E-state index in [1.54, 1.807) is 0 Å². The summed E-state index contributed by atoms with van der Waals surface area (Å²) in [6, 6.07) is 11.8. The van der Waals surface area contributed by atoms with Crippen LogP contribution in [0.3, 0.4) is 0 Å². The van der Waals surface area contributed by atoms with E-state index in [1.165, 1.54) is 0 Å². The quantitative estimate of drug-likeness (QED) is 0.257. The Balaban J connectivity index is 1.36. The van der Waals surface area contributed by atoms with Crippen LogP contribution in [0.4, 0.5) is 11.6 Å². The second-order valence-corrected chi connectivity index (χ2v) is 7.38. The number of rotatable bonds is 13. The summed E-state index contributed by atoms with van der Waals surface area (Å²) >= 11 is 6.74. The number of halogens is 2. The van der Waals surface area contributed by atoms with Crippen molar-refractivity contribution in [3.63, 3.8) is 0 Å². The number of hydrogen-bond acceptors (Lipinski definition) is 6. The van der Waals surface area contributed by atoms with Gasteiger partial charge in [-0.1, -0.05) is 12.1 Å². The van der Waals surface area contributed by atoms with Crippen LogP contribution in [0.2, 0.25) is 0 Å². The molecule has 0 aliphatic carbocycles. The highest BCUT2D eigenvalue weighted by molar-refractivity contribution is 9.10. The molecule has 4 N–H and O–H groups in total. The molecule has 2 heterocycles. The first-order chi connectivity index (χ1) is 12.7. The number of anilines is 2. The Morgan fingerprint density at radius 1 is 0.615 bits per heavy atom. The molecule has 0 atom stereocenters. The van der Waals surface area contributed by atoms with E-state index in [9.17, 15) is 0 Å². The van der Waals surface area contributed by atoms with Crippen molar-refractivity contribution in [3.05, 3.63) is 45.6 Å². The summed E-state index contributed by atoms with van der Waals surface area (Å²) in [6.45, 7) is 5.79. The molecule has 0 aromatic carbocycles. The zero-order chi connectivity index (χ0) is 18.5. The van der Waals surface area contributed by atoms with E-state index < -0.39 is 0 Å². The summed E-state index contributed by atoms with van der Waals surface area (Å²) in [5.41, 5.74) is 0. The van der Waals surface area contributed by atoms with Crippen LogP contribution in [-0.2, 0) is 0 Å². The van der Waals surface area contributed by atoms with Crippen LogP contribution >= 0.6 is 31.9 Å². The largest absolute Gasteiger partial charge is 0.370 e. The molecule has 6 nitrogen and oxygen atoms in total. The molecule has 0 radical (unpaired) electrons. The zero-order valence-electron chi connectivity index (χ0n) is 14.8. The summed E-state index contributed by atoms with van der Waals surface area (Å²) < 4.78 is 1.71. The Morgan fingerprint density at radius 2 is 1.08 bits per heavy atom. The SMILES string of the molecule is Brc1cccc(NCCCNCCNCCCNc2cccc(Br)n2)n1. The molecule has 0 saturated heterocycles. The maximum atomic E-state index is 4.34. The maximum Gasteiger partial charge on any atom is 0.127 e. The molecule has 0 amide bonds. The third-order valence-corrected chi connectivity index (χ3v) is 4.46. The molecule has 0 aliphatic rings. The molecule has 0 fully saturated rings. The molecule has 26 heavy (non-hydrogen) atoms. The smallest absolute Gasteiger partial charge is 0.127 e. The highest BCUT2D eigenvalue weighted by atomic mass is 79.9. The average molecular weight is 486 g/mol. The van der Waals surface area contributed by atoms with Gasteiger partial charge in [-0.2, -0.15) is 0 Å². The molecular weight excluding hydrogens is 460 g/mol. The first kappa shape index (κ1) is 21.1. The summed E-state index contributed by atoms with van der Waals surface area (Å²) in [6.07, 6.45) is 2.13. The van der Waals surface area contributed by atoms with Gasteiger partial charge in [-0.25, -0.2) is 9.97 Å². The van der Waals surface area contributed by atoms with Crippen molar-refractivity contribution in [2.75, 3.05) is 49.9 Å². The maximum absolute atomic E-state index is 4.34. The van der Waals surface area contributed by atoms with Crippen molar-refractivity contribution in [3.8, 4) is 0 Å². The number of nitrogens with one attached hydrogen (secondary N) is 4. The molecule has 2 rings (SSSR count). The number of pyridine rings is 2. The fraction of sp³-hybridized carbons (Fsp3) is 0.444. The summed E-state index contributed by atoms with van der Waals surface area (Å²) in [5.74, 6) is 1.82. The normalized spacial score (nSPS) is 10.7.